The van der Waals surface area contributed by atoms with E-state index in [-0.39, 0.29) is 0 Å². The Hall–Kier alpha value is 0.0969. The van der Waals surface area contributed by atoms with Crippen molar-refractivity contribution in [2.75, 3.05) is 20.8 Å². The lowest BCUT2D eigenvalue weighted by Crippen LogP contribution is -2.62. The molecule has 1 heterocycles. The molecule has 1 aliphatic heterocycles. The zero-order valence-corrected chi connectivity index (χ0v) is 13.6. The van der Waals surface area contributed by atoms with Crippen molar-refractivity contribution in [3.63, 3.8) is 0 Å². The van der Waals surface area contributed by atoms with Crippen molar-refractivity contribution in [2.45, 2.75) is 58.0 Å². The van der Waals surface area contributed by atoms with Crippen molar-refractivity contribution >= 4 is 8.72 Å². The maximum Gasteiger partial charge on any atom is 0.431 e. The molecular formula is C14H29NO2Si. The van der Waals surface area contributed by atoms with Gasteiger partial charge in [0.05, 0.1) is 0 Å². The van der Waals surface area contributed by atoms with E-state index in [1.54, 1.807) is 0 Å². The van der Waals surface area contributed by atoms with E-state index in [1.807, 2.05) is 14.2 Å². The monoisotopic (exact) mass is 271 g/mol. The first-order valence-electron chi connectivity index (χ1n) is 7.43. The second-order valence-electron chi connectivity index (χ2n) is 6.25. The molecule has 2 aliphatic rings. The quantitative estimate of drug-likeness (QED) is 0.733. The summed E-state index contributed by atoms with van der Waals surface area (Å²) >= 11 is 0. The van der Waals surface area contributed by atoms with Crippen molar-refractivity contribution in [1.29, 1.82) is 0 Å². The zero-order chi connectivity index (χ0) is 13.3. The molecule has 4 heteroatoms. The van der Waals surface area contributed by atoms with E-state index in [2.05, 4.69) is 25.3 Å². The van der Waals surface area contributed by atoms with Gasteiger partial charge in [0, 0.05) is 25.8 Å². The van der Waals surface area contributed by atoms with Crippen LogP contribution in [-0.2, 0) is 8.85 Å². The lowest BCUT2D eigenvalue weighted by atomic mass is 10.1. The first kappa shape index (κ1) is 14.5. The molecule has 1 saturated carbocycles. The van der Waals surface area contributed by atoms with E-state index in [4.69, 9.17) is 8.85 Å². The maximum atomic E-state index is 6.09. The molecule has 0 radical (unpaired) electrons. The van der Waals surface area contributed by atoms with Crippen molar-refractivity contribution < 1.29 is 8.85 Å². The molecule has 0 spiro atoms. The van der Waals surface area contributed by atoms with Crippen LogP contribution in [0.1, 0.15) is 46.5 Å². The molecule has 2 fully saturated rings. The number of nitrogens with zero attached hydrogens (tertiary/aromatic N) is 1. The summed E-state index contributed by atoms with van der Waals surface area (Å²) in [5.41, 5.74) is 0.639. The predicted octanol–water partition coefficient (Wildman–Crippen LogP) is 3.14. The van der Waals surface area contributed by atoms with Gasteiger partial charge < -0.3 is 8.85 Å². The average molecular weight is 271 g/mol. The van der Waals surface area contributed by atoms with Gasteiger partial charge in [-0.15, -0.1) is 0 Å². The Morgan fingerprint density at radius 1 is 0.944 bits per heavy atom. The first-order valence-corrected chi connectivity index (χ1v) is 9.28. The van der Waals surface area contributed by atoms with Crippen molar-refractivity contribution in [3.8, 4) is 0 Å². The third-order valence-electron chi connectivity index (χ3n) is 5.46. The van der Waals surface area contributed by atoms with Crippen molar-refractivity contribution in [2.24, 2.45) is 11.8 Å². The van der Waals surface area contributed by atoms with Gasteiger partial charge in [-0.25, -0.2) is 0 Å². The first-order chi connectivity index (χ1) is 8.56. The fraction of sp³-hybridized carbons (Fsp3) is 1.00. The Labute approximate surface area is 113 Å². The van der Waals surface area contributed by atoms with Crippen LogP contribution in [0.4, 0.5) is 0 Å². The van der Waals surface area contributed by atoms with Gasteiger partial charge in [-0.3, -0.25) is 4.57 Å². The molecule has 0 bridgehead atoms. The summed E-state index contributed by atoms with van der Waals surface area (Å²) in [4.78, 5) is 0. The van der Waals surface area contributed by atoms with Crippen molar-refractivity contribution in [1.82, 2.24) is 4.57 Å². The van der Waals surface area contributed by atoms with Gasteiger partial charge in [0.2, 0.25) is 0 Å². The molecule has 0 aromatic heterocycles. The summed E-state index contributed by atoms with van der Waals surface area (Å²) in [5, 5.41) is 0. The molecule has 4 atom stereocenters. The Morgan fingerprint density at radius 3 is 2.00 bits per heavy atom. The molecule has 1 saturated heterocycles. The molecule has 4 unspecified atom stereocenters. The molecule has 0 aromatic carbocycles. The molecule has 1 aliphatic carbocycles. The lowest BCUT2D eigenvalue weighted by Gasteiger charge is -2.43. The summed E-state index contributed by atoms with van der Waals surface area (Å²) in [6.45, 7) is 8.23. The molecule has 18 heavy (non-hydrogen) atoms. The van der Waals surface area contributed by atoms with E-state index < -0.39 is 8.72 Å². The minimum atomic E-state index is -2.21. The van der Waals surface area contributed by atoms with Gasteiger partial charge in [0.1, 0.15) is 0 Å². The molecule has 0 aromatic rings. The Morgan fingerprint density at radius 2 is 1.61 bits per heavy atom. The van der Waals surface area contributed by atoms with Gasteiger partial charge in [0.25, 0.3) is 0 Å². The van der Waals surface area contributed by atoms with E-state index in [9.17, 15) is 0 Å². The number of hydrogen-bond acceptors (Lipinski definition) is 3. The summed E-state index contributed by atoms with van der Waals surface area (Å²) < 4.78 is 14.8. The van der Waals surface area contributed by atoms with Gasteiger partial charge in [-0.2, -0.15) is 0 Å². The van der Waals surface area contributed by atoms with Crippen LogP contribution in [-0.4, -0.2) is 40.1 Å². The van der Waals surface area contributed by atoms with Gasteiger partial charge >= 0.3 is 8.72 Å². The normalized spacial score (nSPS) is 38.5. The third-order valence-corrected chi connectivity index (χ3v) is 9.85. The summed E-state index contributed by atoms with van der Waals surface area (Å²) in [6.07, 6.45) is 5.24. The van der Waals surface area contributed by atoms with Gasteiger partial charge in [-0.1, -0.05) is 26.7 Å². The zero-order valence-electron chi connectivity index (χ0n) is 12.6. The molecule has 2 rings (SSSR count). The van der Waals surface area contributed by atoms with Crippen LogP contribution in [0, 0.1) is 11.8 Å². The molecule has 0 N–H and O–H groups in total. The topological polar surface area (TPSA) is 21.7 Å². The summed E-state index contributed by atoms with van der Waals surface area (Å²) in [7, 11) is 1.53. The molecule has 0 amide bonds. The van der Waals surface area contributed by atoms with E-state index in [1.165, 1.54) is 25.7 Å². The van der Waals surface area contributed by atoms with E-state index >= 15 is 0 Å². The van der Waals surface area contributed by atoms with Crippen LogP contribution in [0.3, 0.4) is 0 Å². The summed E-state index contributed by atoms with van der Waals surface area (Å²) in [5.74, 6) is 1.51. The van der Waals surface area contributed by atoms with E-state index in [0.29, 0.717) is 11.6 Å². The van der Waals surface area contributed by atoms with Crippen LogP contribution >= 0.6 is 0 Å². The smallest absolute Gasteiger partial charge is 0.386 e. The Kier molecular flexibility index (Phi) is 4.52. The minimum absolute atomic E-state index is 0.601. The maximum absolute atomic E-state index is 6.09. The SMILES string of the molecule is CO[Si](OC)(C1CCCC1C)N1CCC(C)C1C. The van der Waals surface area contributed by atoms with Crippen LogP contribution in [0.15, 0.2) is 0 Å². The summed E-state index contributed by atoms with van der Waals surface area (Å²) in [6, 6.07) is 0.601. The third kappa shape index (κ3) is 2.17. The van der Waals surface area contributed by atoms with Gasteiger partial charge in [-0.05, 0) is 38.1 Å². The molecular weight excluding hydrogens is 242 g/mol. The average Bonchev–Trinajstić information content (AvgIpc) is 2.93. The fourth-order valence-electron chi connectivity index (χ4n) is 4.06. The Bertz CT molecular complexity index is 283. The standard InChI is InChI=1S/C14H29NO2Si/c1-11-9-10-15(13(11)3)18(16-4,17-5)14-8-6-7-12(14)2/h11-14H,6-10H2,1-5H3. The van der Waals surface area contributed by atoms with Crippen LogP contribution < -0.4 is 0 Å². The van der Waals surface area contributed by atoms with Crippen LogP contribution in [0.5, 0.6) is 0 Å². The highest BCUT2D eigenvalue weighted by Gasteiger charge is 2.57. The number of rotatable bonds is 4. The van der Waals surface area contributed by atoms with Crippen LogP contribution in [0.2, 0.25) is 5.54 Å². The highest BCUT2D eigenvalue weighted by molar-refractivity contribution is 6.66. The minimum Gasteiger partial charge on any atom is -0.386 e. The Balaban J connectivity index is 2.26. The van der Waals surface area contributed by atoms with Gasteiger partial charge in [0.15, 0.2) is 0 Å². The second kappa shape index (κ2) is 5.61. The van der Waals surface area contributed by atoms with E-state index in [0.717, 1.165) is 18.4 Å². The van der Waals surface area contributed by atoms with Crippen molar-refractivity contribution in [3.05, 3.63) is 0 Å². The molecule has 3 nitrogen and oxygen atoms in total. The highest BCUT2D eigenvalue weighted by Crippen LogP contribution is 2.47. The highest BCUT2D eigenvalue weighted by atomic mass is 28.4. The molecule has 106 valence electrons. The predicted molar refractivity (Wildman–Crippen MR) is 76.5 cm³/mol. The second-order valence-corrected chi connectivity index (χ2v) is 9.65. The van der Waals surface area contributed by atoms with Crippen LogP contribution in [0.25, 0.3) is 0 Å². The fourth-order valence-corrected chi connectivity index (χ4v) is 8.44. The lowest BCUT2D eigenvalue weighted by molar-refractivity contribution is 0.136. The largest absolute Gasteiger partial charge is 0.431 e. The number of hydrogen-bond donors (Lipinski definition) is 0.